The van der Waals surface area contributed by atoms with Gasteiger partial charge in [-0.2, -0.15) is 0 Å². The Morgan fingerprint density at radius 1 is 0.909 bits per heavy atom. The monoisotopic (exact) mass is 288 g/mol. The topological polar surface area (TPSA) is 25.8 Å². The van der Waals surface area contributed by atoms with E-state index in [-0.39, 0.29) is 0 Å². The third kappa shape index (κ3) is 3.22. The second-order valence-electron chi connectivity index (χ2n) is 5.43. The molecule has 0 fully saturated rings. The quantitative estimate of drug-likeness (QED) is 0.648. The third-order valence-corrected chi connectivity index (χ3v) is 3.85. The highest BCUT2D eigenvalue weighted by Gasteiger charge is 2.08. The Kier molecular flexibility index (Phi) is 4.59. The molecular formula is C20H20N2. The van der Waals surface area contributed by atoms with E-state index < -0.39 is 0 Å². The predicted molar refractivity (Wildman–Crippen MR) is 91.5 cm³/mol. The van der Waals surface area contributed by atoms with E-state index >= 15 is 0 Å². The zero-order valence-electron chi connectivity index (χ0n) is 12.9. The van der Waals surface area contributed by atoms with E-state index in [1.165, 1.54) is 29.5 Å². The van der Waals surface area contributed by atoms with Gasteiger partial charge in [0.25, 0.3) is 0 Å². The van der Waals surface area contributed by atoms with Crippen molar-refractivity contribution in [1.29, 1.82) is 0 Å². The van der Waals surface area contributed by atoms with Crippen LogP contribution in [0.2, 0.25) is 0 Å². The Bertz CT molecular complexity index is 721. The second-order valence-corrected chi connectivity index (χ2v) is 5.43. The summed E-state index contributed by atoms with van der Waals surface area (Å²) in [7, 11) is 0. The van der Waals surface area contributed by atoms with Gasteiger partial charge >= 0.3 is 0 Å². The maximum Gasteiger partial charge on any atom is 0.0709 e. The Labute approximate surface area is 131 Å². The second kappa shape index (κ2) is 6.99. The predicted octanol–water partition coefficient (Wildman–Crippen LogP) is 5.15. The number of benzene rings is 1. The molecule has 0 aliphatic carbocycles. The number of rotatable bonds is 5. The van der Waals surface area contributed by atoms with Gasteiger partial charge in [-0.3, -0.25) is 9.97 Å². The summed E-state index contributed by atoms with van der Waals surface area (Å²) in [5.74, 6) is 0. The number of aryl methyl sites for hydroxylation is 1. The van der Waals surface area contributed by atoms with Crippen LogP contribution in [-0.2, 0) is 6.42 Å². The minimum Gasteiger partial charge on any atom is -0.265 e. The van der Waals surface area contributed by atoms with Crippen LogP contribution in [0.4, 0.5) is 0 Å². The van der Waals surface area contributed by atoms with Crippen molar-refractivity contribution in [2.45, 2.75) is 26.2 Å². The lowest BCUT2D eigenvalue weighted by molar-refractivity contribution is 0.793. The van der Waals surface area contributed by atoms with Crippen LogP contribution in [0.5, 0.6) is 0 Å². The fourth-order valence-electron chi connectivity index (χ4n) is 2.62. The first-order chi connectivity index (χ1) is 10.9. The fourth-order valence-corrected chi connectivity index (χ4v) is 2.62. The molecule has 2 nitrogen and oxygen atoms in total. The van der Waals surface area contributed by atoms with Crippen LogP contribution in [0.15, 0.2) is 67.1 Å². The molecule has 2 heteroatoms. The highest BCUT2D eigenvalue weighted by atomic mass is 14.7. The third-order valence-electron chi connectivity index (χ3n) is 3.85. The van der Waals surface area contributed by atoms with Crippen molar-refractivity contribution in [3.8, 4) is 22.4 Å². The van der Waals surface area contributed by atoms with Gasteiger partial charge in [0, 0.05) is 24.2 Å². The van der Waals surface area contributed by atoms with E-state index in [1.807, 2.05) is 30.7 Å². The van der Waals surface area contributed by atoms with Gasteiger partial charge in [0.15, 0.2) is 0 Å². The van der Waals surface area contributed by atoms with Gasteiger partial charge in [-0.05, 0) is 47.7 Å². The standard InChI is InChI=1S/C20H20N2/c1-2-3-7-18-15-22-20(17-10-12-21-13-11-17)14-19(18)16-8-5-4-6-9-16/h4-6,8-15H,2-3,7H2,1H3. The first-order valence-electron chi connectivity index (χ1n) is 7.83. The SMILES string of the molecule is CCCCc1cnc(-c2ccncc2)cc1-c1ccccc1. The average molecular weight is 288 g/mol. The largest absolute Gasteiger partial charge is 0.265 e. The van der Waals surface area contributed by atoms with E-state index in [4.69, 9.17) is 0 Å². The zero-order chi connectivity index (χ0) is 15.2. The van der Waals surface area contributed by atoms with Crippen LogP contribution in [0, 0.1) is 0 Å². The van der Waals surface area contributed by atoms with Crippen LogP contribution in [-0.4, -0.2) is 9.97 Å². The number of aromatic nitrogens is 2. The van der Waals surface area contributed by atoms with Gasteiger partial charge in [-0.25, -0.2) is 0 Å². The summed E-state index contributed by atoms with van der Waals surface area (Å²) in [6, 6.07) is 16.8. The highest BCUT2D eigenvalue weighted by molar-refractivity contribution is 5.72. The molecule has 0 unspecified atom stereocenters. The maximum absolute atomic E-state index is 4.66. The lowest BCUT2D eigenvalue weighted by Crippen LogP contribution is -1.94. The zero-order valence-corrected chi connectivity index (χ0v) is 12.9. The molecule has 0 saturated carbocycles. The van der Waals surface area contributed by atoms with Crippen molar-refractivity contribution >= 4 is 0 Å². The van der Waals surface area contributed by atoms with Crippen molar-refractivity contribution in [2.75, 3.05) is 0 Å². The molecule has 2 aromatic heterocycles. The van der Waals surface area contributed by atoms with E-state index in [9.17, 15) is 0 Å². The van der Waals surface area contributed by atoms with Crippen molar-refractivity contribution < 1.29 is 0 Å². The first kappa shape index (κ1) is 14.5. The van der Waals surface area contributed by atoms with Crippen molar-refractivity contribution in [3.63, 3.8) is 0 Å². The van der Waals surface area contributed by atoms with Crippen LogP contribution in [0.3, 0.4) is 0 Å². The molecule has 0 saturated heterocycles. The van der Waals surface area contributed by atoms with Gasteiger partial charge in [-0.15, -0.1) is 0 Å². The van der Waals surface area contributed by atoms with Crippen LogP contribution in [0.1, 0.15) is 25.3 Å². The summed E-state index contributed by atoms with van der Waals surface area (Å²) >= 11 is 0. The van der Waals surface area contributed by atoms with Gasteiger partial charge in [0.2, 0.25) is 0 Å². The lowest BCUT2D eigenvalue weighted by Gasteiger charge is -2.11. The Balaban J connectivity index is 2.06. The van der Waals surface area contributed by atoms with Crippen molar-refractivity contribution in [3.05, 3.63) is 72.7 Å². The average Bonchev–Trinajstić information content (AvgIpc) is 2.61. The first-order valence-corrected chi connectivity index (χ1v) is 7.83. The molecule has 0 aliphatic heterocycles. The number of unbranched alkanes of at least 4 members (excludes halogenated alkanes) is 1. The molecule has 3 aromatic rings. The molecular weight excluding hydrogens is 268 g/mol. The molecule has 0 N–H and O–H groups in total. The molecule has 22 heavy (non-hydrogen) atoms. The van der Waals surface area contributed by atoms with Crippen molar-refractivity contribution in [2.24, 2.45) is 0 Å². The Morgan fingerprint density at radius 3 is 2.41 bits per heavy atom. The molecule has 0 amide bonds. The van der Waals surface area contributed by atoms with Gasteiger partial charge in [-0.1, -0.05) is 43.7 Å². The van der Waals surface area contributed by atoms with Crippen molar-refractivity contribution in [1.82, 2.24) is 9.97 Å². The Morgan fingerprint density at radius 2 is 1.68 bits per heavy atom. The number of hydrogen-bond donors (Lipinski definition) is 0. The molecule has 0 spiro atoms. The molecule has 0 aliphatic rings. The van der Waals surface area contributed by atoms with Crippen LogP contribution >= 0.6 is 0 Å². The molecule has 0 atom stereocenters. The van der Waals surface area contributed by atoms with Gasteiger partial charge < -0.3 is 0 Å². The fraction of sp³-hybridized carbons (Fsp3) is 0.200. The number of nitrogens with zero attached hydrogens (tertiary/aromatic N) is 2. The van der Waals surface area contributed by atoms with E-state index in [2.05, 4.69) is 53.3 Å². The molecule has 2 heterocycles. The summed E-state index contributed by atoms with van der Waals surface area (Å²) in [5, 5.41) is 0. The minimum absolute atomic E-state index is 1.00. The van der Waals surface area contributed by atoms with E-state index in [0.29, 0.717) is 0 Å². The highest BCUT2D eigenvalue weighted by Crippen LogP contribution is 2.28. The van der Waals surface area contributed by atoms with E-state index in [0.717, 1.165) is 17.7 Å². The summed E-state index contributed by atoms with van der Waals surface area (Å²) in [6.07, 6.45) is 9.11. The molecule has 3 rings (SSSR count). The van der Waals surface area contributed by atoms with Crippen LogP contribution < -0.4 is 0 Å². The molecule has 110 valence electrons. The summed E-state index contributed by atoms with van der Waals surface area (Å²) in [5.41, 5.74) is 5.98. The summed E-state index contributed by atoms with van der Waals surface area (Å²) in [6.45, 7) is 2.22. The van der Waals surface area contributed by atoms with Gasteiger partial charge in [0.1, 0.15) is 0 Å². The summed E-state index contributed by atoms with van der Waals surface area (Å²) in [4.78, 5) is 8.74. The number of hydrogen-bond acceptors (Lipinski definition) is 2. The Hall–Kier alpha value is -2.48. The minimum atomic E-state index is 1.00. The normalized spacial score (nSPS) is 10.6. The molecule has 0 radical (unpaired) electrons. The van der Waals surface area contributed by atoms with Crippen LogP contribution in [0.25, 0.3) is 22.4 Å². The molecule has 0 bridgehead atoms. The van der Waals surface area contributed by atoms with E-state index in [1.54, 1.807) is 0 Å². The smallest absolute Gasteiger partial charge is 0.0709 e. The molecule has 1 aromatic carbocycles. The maximum atomic E-state index is 4.66. The lowest BCUT2D eigenvalue weighted by atomic mass is 9.96. The summed E-state index contributed by atoms with van der Waals surface area (Å²) < 4.78 is 0. The van der Waals surface area contributed by atoms with Gasteiger partial charge in [0.05, 0.1) is 5.69 Å². The number of pyridine rings is 2.